The second-order valence-electron chi connectivity index (χ2n) is 7.80. The highest BCUT2D eigenvalue weighted by molar-refractivity contribution is 5.55. The Hall–Kier alpha value is -2.75. The highest BCUT2D eigenvalue weighted by Gasteiger charge is 2.17. The Morgan fingerprint density at radius 2 is 1.59 bits per heavy atom. The van der Waals surface area contributed by atoms with Crippen LogP contribution in [0.15, 0.2) is 46.9 Å². The van der Waals surface area contributed by atoms with Gasteiger partial charge < -0.3 is 13.9 Å². The molecule has 0 saturated carbocycles. The first-order valence-electron chi connectivity index (χ1n) is 10.6. The molecule has 0 amide bonds. The van der Waals surface area contributed by atoms with Crippen molar-refractivity contribution in [1.29, 1.82) is 0 Å². The molecule has 149 valence electrons. The van der Waals surface area contributed by atoms with Gasteiger partial charge in [0.2, 0.25) is 5.89 Å². The van der Waals surface area contributed by atoms with Crippen molar-refractivity contribution in [2.45, 2.75) is 44.9 Å². The molecule has 4 nitrogen and oxygen atoms in total. The Labute approximate surface area is 171 Å². The standard InChI is InChI=1S/C25H26NO3/c1-2-8-24-23(7-1)26-25(29-24)19-10-12-21(13-11-19)27-15-4-16-28-22-14-9-18-5-3-6-20(18)17-22/h3,9-14,17H,1-2,4-8,15-16H2. The normalized spacial score (nSPS) is 15.0. The number of hydrogen-bond acceptors (Lipinski definition) is 4. The third kappa shape index (κ3) is 4.16. The molecule has 2 aromatic carbocycles. The van der Waals surface area contributed by atoms with Crippen LogP contribution in [0.3, 0.4) is 0 Å². The van der Waals surface area contributed by atoms with E-state index in [2.05, 4.69) is 29.6 Å². The predicted molar refractivity (Wildman–Crippen MR) is 112 cm³/mol. The zero-order chi connectivity index (χ0) is 19.5. The Bertz CT molecular complexity index is 951. The van der Waals surface area contributed by atoms with Crippen LogP contribution in [0.5, 0.6) is 11.5 Å². The Morgan fingerprint density at radius 3 is 2.45 bits per heavy atom. The molecule has 1 radical (unpaired) electrons. The lowest BCUT2D eigenvalue weighted by atomic mass is 10.0. The lowest BCUT2D eigenvalue weighted by Gasteiger charge is -2.09. The molecule has 29 heavy (non-hydrogen) atoms. The van der Waals surface area contributed by atoms with E-state index in [1.54, 1.807) is 0 Å². The van der Waals surface area contributed by atoms with Gasteiger partial charge >= 0.3 is 0 Å². The summed E-state index contributed by atoms with van der Waals surface area (Å²) in [4.78, 5) is 4.66. The molecule has 5 rings (SSSR count). The number of aromatic nitrogens is 1. The predicted octanol–water partition coefficient (Wildman–Crippen LogP) is 5.37. The number of nitrogens with zero attached hydrogens (tertiary/aromatic N) is 1. The minimum Gasteiger partial charge on any atom is -0.493 e. The molecule has 2 aliphatic carbocycles. The van der Waals surface area contributed by atoms with E-state index < -0.39 is 0 Å². The van der Waals surface area contributed by atoms with Crippen LogP contribution in [0.1, 0.15) is 41.8 Å². The van der Waals surface area contributed by atoms with Crippen molar-refractivity contribution >= 4 is 0 Å². The van der Waals surface area contributed by atoms with Crippen molar-refractivity contribution in [3.05, 3.63) is 71.5 Å². The second-order valence-corrected chi connectivity index (χ2v) is 7.80. The Balaban J connectivity index is 1.09. The Morgan fingerprint density at radius 1 is 0.828 bits per heavy atom. The molecule has 4 heteroatoms. The minimum atomic E-state index is 0.630. The zero-order valence-electron chi connectivity index (χ0n) is 16.7. The molecule has 0 N–H and O–H groups in total. The third-order valence-corrected chi connectivity index (χ3v) is 5.68. The van der Waals surface area contributed by atoms with E-state index in [1.165, 1.54) is 24.0 Å². The average Bonchev–Trinajstić information content (AvgIpc) is 3.40. The van der Waals surface area contributed by atoms with Gasteiger partial charge in [-0.15, -0.1) is 0 Å². The summed E-state index contributed by atoms with van der Waals surface area (Å²) in [7, 11) is 0. The van der Waals surface area contributed by atoms with Crippen LogP contribution >= 0.6 is 0 Å². The summed E-state index contributed by atoms with van der Waals surface area (Å²) >= 11 is 0. The van der Waals surface area contributed by atoms with Gasteiger partial charge in [-0.2, -0.15) is 0 Å². The average molecular weight is 388 g/mol. The van der Waals surface area contributed by atoms with Gasteiger partial charge in [0, 0.05) is 18.4 Å². The van der Waals surface area contributed by atoms with Crippen molar-refractivity contribution in [2.24, 2.45) is 0 Å². The van der Waals surface area contributed by atoms with E-state index >= 15 is 0 Å². The summed E-state index contributed by atoms with van der Waals surface area (Å²) in [5, 5.41) is 0. The van der Waals surface area contributed by atoms with Gasteiger partial charge in [-0.1, -0.05) is 6.07 Å². The largest absolute Gasteiger partial charge is 0.493 e. The molecule has 0 atom stereocenters. The monoisotopic (exact) mass is 388 g/mol. The summed E-state index contributed by atoms with van der Waals surface area (Å²) < 4.78 is 17.7. The van der Waals surface area contributed by atoms with Crippen LogP contribution in [0.4, 0.5) is 0 Å². The SMILES string of the molecule is [CH]1Cc2ccc(OCCCOc3ccc(-c4nc5c(o4)CCCC5)cc3)cc2C1. The molecule has 2 aliphatic rings. The third-order valence-electron chi connectivity index (χ3n) is 5.68. The number of benzene rings is 2. The van der Waals surface area contributed by atoms with Gasteiger partial charge in [-0.05, 0) is 86.1 Å². The molecular formula is C25H26NO3. The van der Waals surface area contributed by atoms with Crippen molar-refractivity contribution in [3.63, 3.8) is 0 Å². The van der Waals surface area contributed by atoms with Crippen LogP contribution in [-0.2, 0) is 25.7 Å². The molecule has 0 bridgehead atoms. The van der Waals surface area contributed by atoms with Gasteiger partial charge in [0.1, 0.15) is 17.3 Å². The molecule has 3 aromatic rings. The van der Waals surface area contributed by atoms with Crippen LogP contribution in [-0.4, -0.2) is 18.2 Å². The highest BCUT2D eigenvalue weighted by atomic mass is 16.5. The number of aryl methyl sites for hydroxylation is 2. The first kappa shape index (κ1) is 18.3. The van der Waals surface area contributed by atoms with E-state index in [0.29, 0.717) is 13.2 Å². The number of oxazole rings is 1. The minimum absolute atomic E-state index is 0.630. The number of rotatable bonds is 7. The lowest BCUT2D eigenvalue weighted by molar-refractivity contribution is 0.247. The van der Waals surface area contributed by atoms with Crippen LogP contribution in [0, 0.1) is 6.42 Å². The van der Waals surface area contributed by atoms with Crippen molar-refractivity contribution in [2.75, 3.05) is 13.2 Å². The fraction of sp³-hybridized carbons (Fsp3) is 0.360. The zero-order valence-corrected chi connectivity index (χ0v) is 16.7. The number of hydrogen-bond donors (Lipinski definition) is 0. The molecule has 0 spiro atoms. The van der Waals surface area contributed by atoms with E-state index in [9.17, 15) is 0 Å². The maximum atomic E-state index is 5.94. The van der Waals surface area contributed by atoms with Crippen molar-refractivity contribution in [1.82, 2.24) is 4.98 Å². The molecule has 0 saturated heterocycles. The van der Waals surface area contributed by atoms with Crippen molar-refractivity contribution in [3.8, 4) is 23.0 Å². The van der Waals surface area contributed by atoms with E-state index in [0.717, 1.165) is 66.5 Å². The first-order chi connectivity index (χ1) is 14.3. The van der Waals surface area contributed by atoms with Gasteiger partial charge in [0.15, 0.2) is 0 Å². The summed E-state index contributed by atoms with van der Waals surface area (Å²) in [6.07, 6.45) is 9.74. The molecule has 1 heterocycles. The van der Waals surface area contributed by atoms with Crippen LogP contribution < -0.4 is 9.47 Å². The maximum absolute atomic E-state index is 5.94. The molecule has 0 aliphatic heterocycles. The number of ether oxygens (including phenoxy) is 2. The van der Waals surface area contributed by atoms with E-state index in [-0.39, 0.29) is 0 Å². The van der Waals surface area contributed by atoms with Gasteiger partial charge in [-0.3, -0.25) is 0 Å². The summed E-state index contributed by atoms with van der Waals surface area (Å²) in [6.45, 7) is 1.29. The first-order valence-corrected chi connectivity index (χ1v) is 10.6. The van der Waals surface area contributed by atoms with E-state index in [1.807, 2.05) is 24.3 Å². The summed E-state index contributed by atoms with van der Waals surface area (Å²) in [5.74, 6) is 3.60. The molecule has 0 unspecified atom stereocenters. The van der Waals surface area contributed by atoms with Gasteiger partial charge in [0.25, 0.3) is 0 Å². The Kier molecular flexibility index (Phi) is 5.25. The lowest BCUT2D eigenvalue weighted by Crippen LogP contribution is -2.05. The van der Waals surface area contributed by atoms with Gasteiger partial charge in [0.05, 0.1) is 18.9 Å². The number of fused-ring (bicyclic) bond motifs is 2. The van der Waals surface area contributed by atoms with E-state index in [4.69, 9.17) is 13.9 Å². The van der Waals surface area contributed by atoms with Crippen LogP contribution in [0.25, 0.3) is 11.5 Å². The molecule has 1 aromatic heterocycles. The van der Waals surface area contributed by atoms with Crippen LogP contribution in [0.2, 0.25) is 0 Å². The summed E-state index contributed by atoms with van der Waals surface area (Å²) in [6, 6.07) is 14.4. The molecular weight excluding hydrogens is 362 g/mol. The second kappa shape index (κ2) is 8.32. The smallest absolute Gasteiger partial charge is 0.226 e. The molecule has 0 fully saturated rings. The van der Waals surface area contributed by atoms with Crippen molar-refractivity contribution < 1.29 is 13.9 Å². The quantitative estimate of drug-likeness (QED) is 0.510. The summed E-state index contributed by atoms with van der Waals surface area (Å²) in [5.41, 5.74) is 4.96. The fourth-order valence-corrected chi connectivity index (χ4v) is 4.07. The maximum Gasteiger partial charge on any atom is 0.226 e. The topological polar surface area (TPSA) is 44.5 Å². The van der Waals surface area contributed by atoms with Gasteiger partial charge in [-0.25, -0.2) is 4.98 Å². The fourth-order valence-electron chi connectivity index (χ4n) is 4.07. The highest BCUT2D eigenvalue weighted by Crippen LogP contribution is 2.28.